The maximum Gasteiger partial charge on any atom is 0.328 e. The first-order valence-corrected chi connectivity index (χ1v) is 8.35. The van der Waals surface area contributed by atoms with Crippen LogP contribution in [-0.4, -0.2) is 48.6 Å². The van der Waals surface area contributed by atoms with Crippen molar-refractivity contribution in [2.75, 3.05) is 13.7 Å². The van der Waals surface area contributed by atoms with Gasteiger partial charge >= 0.3 is 5.97 Å². The normalized spacial score (nSPS) is 36.1. The van der Waals surface area contributed by atoms with Gasteiger partial charge in [-0.05, 0) is 44.4 Å². The maximum absolute atomic E-state index is 12.8. The highest BCUT2D eigenvalue weighted by molar-refractivity contribution is 5.88. The molecule has 3 aliphatic rings. The number of carbonyl (C=O) groups is 2. The van der Waals surface area contributed by atoms with Crippen LogP contribution in [0.1, 0.15) is 51.4 Å². The number of nitrogens with one attached hydrogen (secondary N) is 1. The van der Waals surface area contributed by atoms with Gasteiger partial charge in [0.05, 0.1) is 13.2 Å². The number of fused-ring (bicyclic) bond motifs is 1. The van der Waals surface area contributed by atoms with Crippen molar-refractivity contribution in [3.8, 4) is 0 Å². The van der Waals surface area contributed by atoms with E-state index in [9.17, 15) is 9.59 Å². The van der Waals surface area contributed by atoms with Crippen LogP contribution in [0.4, 0.5) is 0 Å². The van der Waals surface area contributed by atoms with Crippen molar-refractivity contribution in [3.05, 3.63) is 0 Å². The lowest BCUT2D eigenvalue weighted by Crippen LogP contribution is -2.54. The van der Waals surface area contributed by atoms with E-state index in [4.69, 9.17) is 4.74 Å². The molecule has 5 heteroatoms. The lowest BCUT2D eigenvalue weighted by Gasteiger charge is -2.35. The van der Waals surface area contributed by atoms with Crippen LogP contribution < -0.4 is 5.32 Å². The Balaban J connectivity index is 1.67. The third-order valence-corrected chi connectivity index (χ3v) is 5.42. The van der Waals surface area contributed by atoms with Crippen LogP contribution in [0.3, 0.4) is 0 Å². The van der Waals surface area contributed by atoms with Crippen LogP contribution in [0.25, 0.3) is 0 Å². The molecule has 1 N–H and O–H groups in total. The molecule has 5 nitrogen and oxygen atoms in total. The predicted molar refractivity (Wildman–Crippen MR) is 78.7 cm³/mol. The van der Waals surface area contributed by atoms with Crippen LogP contribution >= 0.6 is 0 Å². The van der Waals surface area contributed by atoms with Crippen molar-refractivity contribution < 1.29 is 14.3 Å². The first-order valence-electron chi connectivity index (χ1n) is 8.35. The summed E-state index contributed by atoms with van der Waals surface area (Å²) in [7, 11) is 1.40. The number of hydrogen-bond donors (Lipinski definition) is 1. The summed E-state index contributed by atoms with van der Waals surface area (Å²) in [5.41, 5.74) is 0. The molecule has 0 aromatic heterocycles. The van der Waals surface area contributed by atoms with Crippen LogP contribution in [0.5, 0.6) is 0 Å². The van der Waals surface area contributed by atoms with Gasteiger partial charge in [-0.15, -0.1) is 0 Å². The summed E-state index contributed by atoms with van der Waals surface area (Å²) in [6.07, 6.45) is 8.64. The topological polar surface area (TPSA) is 58.6 Å². The fraction of sp³-hybridized carbons (Fsp3) is 0.875. The molecule has 4 unspecified atom stereocenters. The molecule has 0 bridgehead atoms. The molecule has 118 valence electrons. The highest BCUT2D eigenvalue weighted by Gasteiger charge is 2.42. The number of carbonyl (C=O) groups excluding carboxylic acids is 2. The van der Waals surface area contributed by atoms with Crippen molar-refractivity contribution >= 4 is 11.9 Å². The summed E-state index contributed by atoms with van der Waals surface area (Å²) < 4.78 is 4.87. The summed E-state index contributed by atoms with van der Waals surface area (Å²) in [5.74, 6) is 0.493. The van der Waals surface area contributed by atoms with Crippen LogP contribution in [0.15, 0.2) is 0 Å². The van der Waals surface area contributed by atoms with Gasteiger partial charge < -0.3 is 15.0 Å². The fourth-order valence-corrected chi connectivity index (χ4v) is 4.29. The average molecular weight is 294 g/mol. The van der Waals surface area contributed by atoms with Gasteiger partial charge in [0.2, 0.25) is 5.91 Å². The molecule has 0 aromatic carbocycles. The Morgan fingerprint density at radius 3 is 2.62 bits per heavy atom. The van der Waals surface area contributed by atoms with E-state index < -0.39 is 0 Å². The van der Waals surface area contributed by atoms with E-state index in [0.29, 0.717) is 18.5 Å². The molecule has 0 spiro atoms. The van der Waals surface area contributed by atoms with Gasteiger partial charge in [-0.1, -0.05) is 12.8 Å². The fourth-order valence-electron chi connectivity index (χ4n) is 4.29. The quantitative estimate of drug-likeness (QED) is 0.783. The molecular weight excluding hydrogens is 268 g/mol. The maximum atomic E-state index is 12.8. The largest absolute Gasteiger partial charge is 0.467 e. The van der Waals surface area contributed by atoms with Crippen molar-refractivity contribution in [2.45, 2.75) is 69.5 Å². The van der Waals surface area contributed by atoms with E-state index in [-0.39, 0.29) is 24.0 Å². The lowest BCUT2D eigenvalue weighted by molar-refractivity contribution is -0.155. The molecule has 2 heterocycles. The molecule has 0 radical (unpaired) electrons. The number of ether oxygens (including phenoxy) is 1. The van der Waals surface area contributed by atoms with E-state index in [1.165, 1.54) is 32.8 Å². The number of rotatable bonds is 2. The summed E-state index contributed by atoms with van der Waals surface area (Å²) in [5, 5.41) is 3.52. The van der Waals surface area contributed by atoms with Crippen molar-refractivity contribution in [2.24, 2.45) is 5.92 Å². The van der Waals surface area contributed by atoms with Crippen molar-refractivity contribution in [3.63, 3.8) is 0 Å². The Morgan fingerprint density at radius 1 is 1.10 bits per heavy atom. The zero-order valence-corrected chi connectivity index (χ0v) is 12.8. The number of hydrogen-bond acceptors (Lipinski definition) is 4. The standard InChI is InChI=1S/C16H26N2O3/c1-21-16(20)14-8-4-5-9-18(14)15(19)13-10-11-6-2-3-7-12(11)17-13/h11-14,17H,2-10H2,1H3. The number of nitrogens with zero attached hydrogens (tertiary/aromatic N) is 1. The van der Waals surface area contributed by atoms with Crippen molar-refractivity contribution in [1.82, 2.24) is 10.2 Å². The molecule has 2 aliphatic heterocycles. The average Bonchev–Trinajstić information content (AvgIpc) is 2.97. The summed E-state index contributed by atoms with van der Waals surface area (Å²) in [4.78, 5) is 26.5. The number of piperidine rings is 1. The number of esters is 1. The zero-order valence-electron chi connectivity index (χ0n) is 12.8. The molecule has 3 fully saturated rings. The molecule has 3 rings (SSSR count). The SMILES string of the molecule is COC(=O)C1CCCCN1C(=O)C1CC2CCCCC2N1. The Hall–Kier alpha value is -1.10. The summed E-state index contributed by atoms with van der Waals surface area (Å²) in [6.45, 7) is 0.687. The zero-order chi connectivity index (χ0) is 14.8. The Labute approximate surface area is 126 Å². The minimum absolute atomic E-state index is 0.0941. The van der Waals surface area contributed by atoms with Gasteiger partial charge in [0, 0.05) is 12.6 Å². The molecule has 0 aromatic rings. The number of amides is 1. The van der Waals surface area contributed by atoms with Gasteiger partial charge in [-0.25, -0.2) is 4.79 Å². The van der Waals surface area contributed by atoms with Gasteiger partial charge in [-0.3, -0.25) is 4.79 Å². The highest BCUT2D eigenvalue weighted by Crippen LogP contribution is 2.34. The second-order valence-electron chi connectivity index (χ2n) is 6.67. The summed E-state index contributed by atoms with van der Waals surface area (Å²) >= 11 is 0. The van der Waals surface area contributed by atoms with Crippen molar-refractivity contribution in [1.29, 1.82) is 0 Å². The Bertz CT molecular complexity index is 398. The first-order chi connectivity index (χ1) is 10.2. The molecule has 4 atom stereocenters. The monoisotopic (exact) mass is 294 g/mol. The highest BCUT2D eigenvalue weighted by atomic mass is 16.5. The minimum Gasteiger partial charge on any atom is -0.467 e. The molecular formula is C16H26N2O3. The van der Waals surface area contributed by atoms with E-state index in [0.717, 1.165) is 25.7 Å². The van der Waals surface area contributed by atoms with E-state index in [2.05, 4.69) is 5.32 Å². The molecule has 21 heavy (non-hydrogen) atoms. The lowest BCUT2D eigenvalue weighted by atomic mass is 9.85. The Kier molecular flexibility index (Phi) is 4.48. The summed E-state index contributed by atoms with van der Waals surface area (Å²) in [6, 6.07) is 0.0399. The number of methoxy groups -OCH3 is 1. The molecule has 1 aliphatic carbocycles. The van der Waals surface area contributed by atoms with Gasteiger partial charge in [0.25, 0.3) is 0 Å². The molecule has 2 saturated heterocycles. The number of likely N-dealkylation sites (tertiary alicyclic amines) is 1. The second kappa shape index (κ2) is 6.34. The third-order valence-electron chi connectivity index (χ3n) is 5.42. The smallest absolute Gasteiger partial charge is 0.328 e. The van der Waals surface area contributed by atoms with E-state index >= 15 is 0 Å². The van der Waals surface area contributed by atoms with Crippen LogP contribution in [0, 0.1) is 5.92 Å². The Morgan fingerprint density at radius 2 is 1.86 bits per heavy atom. The van der Waals surface area contributed by atoms with Crippen LogP contribution in [0.2, 0.25) is 0 Å². The van der Waals surface area contributed by atoms with Gasteiger partial charge in [0.15, 0.2) is 0 Å². The third kappa shape index (κ3) is 2.93. The van der Waals surface area contributed by atoms with Crippen LogP contribution in [-0.2, 0) is 14.3 Å². The minimum atomic E-state index is -0.374. The van der Waals surface area contributed by atoms with Gasteiger partial charge in [0.1, 0.15) is 6.04 Å². The molecule has 1 amide bonds. The first kappa shape index (κ1) is 14.8. The molecule has 1 saturated carbocycles. The second-order valence-corrected chi connectivity index (χ2v) is 6.67. The predicted octanol–water partition coefficient (Wildman–Crippen LogP) is 1.46. The van der Waals surface area contributed by atoms with E-state index in [1.54, 1.807) is 4.90 Å². The van der Waals surface area contributed by atoms with E-state index in [1.807, 2.05) is 0 Å². The van der Waals surface area contributed by atoms with Gasteiger partial charge in [-0.2, -0.15) is 0 Å².